The smallest absolute Gasteiger partial charge is 0.0704 e. The van der Waals surface area contributed by atoms with Crippen LogP contribution < -0.4 is 5.32 Å². The molecule has 0 spiro atoms. The average Bonchev–Trinajstić information content (AvgIpc) is 2.30. The predicted molar refractivity (Wildman–Crippen MR) is 66.8 cm³/mol. The van der Waals surface area contributed by atoms with Crippen molar-refractivity contribution in [1.29, 1.82) is 0 Å². The molecule has 0 aromatic carbocycles. The molecule has 0 radical (unpaired) electrons. The monoisotopic (exact) mass is 229 g/mol. The predicted octanol–water partition coefficient (Wildman–Crippen LogP) is 2.35. The van der Waals surface area contributed by atoms with Gasteiger partial charge in [0, 0.05) is 12.6 Å². The Kier molecular flexibility index (Phi) is 7.81. The van der Waals surface area contributed by atoms with Crippen LogP contribution in [-0.2, 0) is 9.47 Å². The highest BCUT2D eigenvalue weighted by molar-refractivity contribution is 4.77. The Balaban J connectivity index is 2.02. The van der Waals surface area contributed by atoms with Crippen LogP contribution in [0.5, 0.6) is 0 Å². The van der Waals surface area contributed by atoms with Crippen molar-refractivity contribution in [3.8, 4) is 0 Å². The molecule has 1 aliphatic rings. The largest absolute Gasteiger partial charge is 0.379 e. The highest BCUT2D eigenvalue weighted by atomic mass is 16.5. The number of nitrogens with one attached hydrogen (secondary N) is 1. The lowest BCUT2D eigenvalue weighted by atomic mass is 9.93. The SMILES string of the molecule is CCCOCCOC1CCCC(NCC)C1. The van der Waals surface area contributed by atoms with Crippen molar-refractivity contribution < 1.29 is 9.47 Å². The summed E-state index contributed by atoms with van der Waals surface area (Å²) in [6.07, 6.45) is 6.52. The van der Waals surface area contributed by atoms with Crippen molar-refractivity contribution in [2.24, 2.45) is 0 Å². The van der Waals surface area contributed by atoms with Crippen LogP contribution in [0.15, 0.2) is 0 Å². The maximum absolute atomic E-state index is 5.84. The summed E-state index contributed by atoms with van der Waals surface area (Å²) in [4.78, 5) is 0. The first-order valence-electron chi connectivity index (χ1n) is 6.79. The minimum Gasteiger partial charge on any atom is -0.379 e. The topological polar surface area (TPSA) is 30.5 Å². The summed E-state index contributed by atoms with van der Waals surface area (Å²) in [6.45, 7) is 7.72. The summed E-state index contributed by atoms with van der Waals surface area (Å²) in [5.41, 5.74) is 0. The van der Waals surface area contributed by atoms with Crippen LogP contribution in [0.4, 0.5) is 0 Å². The standard InChI is InChI=1S/C13H27NO2/c1-3-8-15-9-10-16-13-7-5-6-12(11-13)14-4-2/h12-14H,3-11H2,1-2H3. The minimum atomic E-state index is 0.447. The molecule has 3 nitrogen and oxygen atoms in total. The van der Waals surface area contributed by atoms with Gasteiger partial charge in [0.05, 0.1) is 19.3 Å². The second kappa shape index (κ2) is 8.97. The molecule has 96 valence electrons. The number of hydrogen-bond donors (Lipinski definition) is 1. The van der Waals surface area contributed by atoms with Crippen molar-refractivity contribution in [2.75, 3.05) is 26.4 Å². The molecule has 1 N–H and O–H groups in total. The zero-order valence-corrected chi connectivity index (χ0v) is 10.8. The van der Waals surface area contributed by atoms with E-state index in [1.54, 1.807) is 0 Å². The van der Waals surface area contributed by atoms with E-state index in [0.29, 0.717) is 12.1 Å². The first-order valence-corrected chi connectivity index (χ1v) is 6.79. The van der Waals surface area contributed by atoms with Crippen LogP contribution in [0, 0.1) is 0 Å². The summed E-state index contributed by atoms with van der Waals surface area (Å²) >= 11 is 0. The van der Waals surface area contributed by atoms with Gasteiger partial charge in [0.15, 0.2) is 0 Å². The molecule has 0 aliphatic heterocycles. The molecule has 1 saturated carbocycles. The minimum absolute atomic E-state index is 0.447. The molecular weight excluding hydrogens is 202 g/mol. The van der Waals surface area contributed by atoms with Gasteiger partial charge in [-0.15, -0.1) is 0 Å². The third kappa shape index (κ3) is 5.83. The second-order valence-electron chi connectivity index (χ2n) is 4.53. The first-order chi connectivity index (χ1) is 7.86. The van der Waals surface area contributed by atoms with E-state index in [2.05, 4.69) is 19.2 Å². The zero-order chi connectivity index (χ0) is 11.6. The number of hydrogen-bond acceptors (Lipinski definition) is 3. The Labute approximate surface area is 99.9 Å². The third-order valence-corrected chi connectivity index (χ3v) is 3.05. The molecule has 1 rings (SSSR count). The van der Waals surface area contributed by atoms with E-state index in [-0.39, 0.29) is 0 Å². The molecule has 0 saturated heterocycles. The van der Waals surface area contributed by atoms with E-state index in [9.17, 15) is 0 Å². The molecule has 3 heteroatoms. The van der Waals surface area contributed by atoms with Crippen LogP contribution in [-0.4, -0.2) is 38.5 Å². The van der Waals surface area contributed by atoms with Crippen molar-refractivity contribution in [2.45, 2.75) is 58.1 Å². The Hall–Kier alpha value is -0.120. The lowest BCUT2D eigenvalue weighted by Crippen LogP contribution is -2.37. The zero-order valence-electron chi connectivity index (χ0n) is 10.8. The van der Waals surface area contributed by atoms with Gasteiger partial charge in [0.2, 0.25) is 0 Å². The van der Waals surface area contributed by atoms with Gasteiger partial charge >= 0.3 is 0 Å². The van der Waals surface area contributed by atoms with Crippen molar-refractivity contribution in [3.63, 3.8) is 0 Å². The van der Waals surface area contributed by atoms with Crippen molar-refractivity contribution in [1.82, 2.24) is 5.32 Å². The van der Waals surface area contributed by atoms with E-state index in [0.717, 1.165) is 32.8 Å². The lowest BCUT2D eigenvalue weighted by Gasteiger charge is -2.29. The van der Waals surface area contributed by atoms with Gasteiger partial charge in [-0.25, -0.2) is 0 Å². The maximum atomic E-state index is 5.84. The molecule has 0 heterocycles. The van der Waals surface area contributed by atoms with Gasteiger partial charge in [-0.3, -0.25) is 0 Å². The molecule has 2 atom stereocenters. The van der Waals surface area contributed by atoms with Crippen LogP contribution in [0.3, 0.4) is 0 Å². The summed E-state index contributed by atoms with van der Waals surface area (Å²) < 4.78 is 11.2. The molecule has 0 aromatic heterocycles. The summed E-state index contributed by atoms with van der Waals surface area (Å²) in [6, 6.07) is 0.667. The van der Waals surface area contributed by atoms with Gasteiger partial charge in [0.1, 0.15) is 0 Å². The van der Waals surface area contributed by atoms with E-state index < -0.39 is 0 Å². The molecule has 2 unspecified atom stereocenters. The highest BCUT2D eigenvalue weighted by Crippen LogP contribution is 2.20. The number of rotatable bonds is 8. The highest BCUT2D eigenvalue weighted by Gasteiger charge is 2.21. The summed E-state index contributed by atoms with van der Waals surface area (Å²) in [5, 5.41) is 3.51. The van der Waals surface area contributed by atoms with Gasteiger partial charge < -0.3 is 14.8 Å². The van der Waals surface area contributed by atoms with Crippen LogP contribution >= 0.6 is 0 Å². The Morgan fingerprint density at radius 3 is 2.75 bits per heavy atom. The van der Waals surface area contributed by atoms with Crippen LogP contribution in [0.2, 0.25) is 0 Å². The van der Waals surface area contributed by atoms with Crippen LogP contribution in [0.25, 0.3) is 0 Å². The Morgan fingerprint density at radius 1 is 1.12 bits per heavy atom. The first kappa shape index (κ1) is 13.9. The van der Waals surface area contributed by atoms with E-state index in [1.807, 2.05) is 0 Å². The summed E-state index contributed by atoms with van der Waals surface area (Å²) in [7, 11) is 0. The van der Waals surface area contributed by atoms with E-state index in [4.69, 9.17) is 9.47 Å². The summed E-state index contributed by atoms with van der Waals surface area (Å²) in [5.74, 6) is 0. The molecule has 0 aromatic rings. The van der Waals surface area contributed by atoms with Gasteiger partial charge in [-0.05, 0) is 38.6 Å². The second-order valence-corrected chi connectivity index (χ2v) is 4.53. The van der Waals surface area contributed by atoms with Crippen LogP contribution in [0.1, 0.15) is 46.0 Å². The quantitative estimate of drug-likeness (QED) is 0.648. The molecule has 1 aliphatic carbocycles. The average molecular weight is 229 g/mol. The molecule has 0 amide bonds. The lowest BCUT2D eigenvalue weighted by molar-refractivity contribution is -0.0152. The normalized spacial score (nSPS) is 25.9. The molecular formula is C13H27NO2. The Bertz CT molecular complexity index is 162. The number of ether oxygens (including phenoxy) is 2. The molecule has 1 fully saturated rings. The molecule has 0 bridgehead atoms. The maximum Gasteiger partial charge on any atom is 0.0704 e. The fraction of sp³-hybridized carbons (Fsp3) is 1.00. The fourth-order valence-corrected chi connectivity index (χ4v) is 2.29. The molecule has 16 heavy (non-hydrogen) atoms. The third-order valence-electron chi connectivity index (χ3n) is 3.05. The van der Waals surface area contributed by atoms with E-state index >= 15 is 0 Å². The van der Waals surface area contributed by atoms with Gasteiger partial charge in [-0.1, -0.05) is 13.8 Å². The van der Waals surface area contributed by atoms with E-state index in [1.165, 1.54) is 25.7 Å². The van der Waals surface area contributed by atoms with Crippen molar-refractivity contribution >= 4 is 0 Å². The van der Waals surface area contributed by atoms with Crippen molar-refractivity contribution in [3.05, 3.63) is 0 Å². The Morgan fingerprint density at radius 2 is 2.00 bits per heavy atom. The van der Waals surface area contributed by atoms with Gasteiger partial charge in [-0.2, -0.15) is 0 Å². The fourth-order valence-electron chi connectivity index (χ4n) is 2.29. The van der Waals surface area contributed by atoms with Gasteiger partial charge in [0.25, 0.3) is 0 Å².